The van der Waals surface area contributed by atoms with Gasteiger partial charge in [-0.2, -0.15) is 5.26 Å². The Morgan fingerprint density at radius 3 is 2.79 bits per heavy atom. The summed E-state index contributed by atoms with van der Waals surface area (Å²) in [5.74, 6) is 0.597. The number of nitrogens with two attached hydrogens (primary N) is 1. The molecule has 1 heterocycles. The maximum atomic E-state index is 9.12. The molecule has 0 aliphatic heterocycles. The molecule has 4 nitrogen and oxygen atoms in total. The van der Waals surface area contributed by atoms with Gasteiger partial charge in [-0.3, -0.25) is 0 Å². The molecule has 0 saturated heterocycles. The van der Waals surface area contributed by atoms with Gasteiger partial charge in [0.2, 0.25) is 5.88 Å². The minimum atomic E-state index is 0.545. The van der Waals surface area contributed by atoms with E-state index in [9.17, 15) is 0 Å². The van der Waals surface area contributed by atoms with Crippen molar-refractivity contribution in [3.63, 3.8) is 0 Å². The zero-order chi connectivity index (χ0) is 13.7. The van der Waals surface area contributed by atoms with E-state index in [1.165, 1.54) is 0 Å². The fourth-order valence-electron chi connectivity index (χ4n) is 1.74. The lowest BCUT2D eigenvalue weighted by atomic mass is 10.0. The molecular weight excluding hydrogens is 238 g/mol. The van der Waals surface area contributed by atoms with Gasteiger partial charge in [-0.15, -0.1) is 0 Å². The molecule has 4 heteroatoms. The smallest absolute Gasteiger partial charge is 0.213 e. The highest BCUT2D eigenvalue weighted by atomic mass is 16.5. The maximum absolute atomic E-state index is 9.12. The summed E-state index contributed by atoms with van der Waals surface area (Å²) >= 11 is 0. The summed E-state index contributed by atoms with van der Waals surface area (Å²) in [6, 6.07) is 11.1. The first-order valence-corrected chi connectivity index (χ1v) is 6.13. The molecule has 0 aliphatic rings. The Hall–Kier alpha value is -2.54. The Morgan fingerprint density at radius 1 is 1.32 bits per heavy atom. The number of aromatic nitrogens is 1. The van der Waals surface area contributed by atoms with Gasteiger partial charge in [-0.1, -0.05) is 13.0 Å². The van der Waals surface area contributed by atoms with Crippen LogP contribution >= 0.6 is 0 Å². The second kappa shape index (κ2) is 5.87. The van der Waals surface area contributed by atoms with Crippen LogP contribution in [0.1, 0.15) is 18.9 Å². The molecule has 1 aromatic carbocycles. The third kappa shape index (κ3) is 3.02. The van der Waals surface area contributed by atoms with Crippen molar-refractivity contribution in [2.75, 3.05) is 12.3 Å². The van der Waals surface area contributed by atoms with Crippen LogP contribution in [0.3, 0.4) is 0 Å². The normalized spacial score (nSPS) is 9.89. The lowest BCUT2D eigenvalue weighted by Crippen LogP contribution is -1.97. The second-order valence-electron chi connectivity index (χ2n) is 4.15. The highest BCUT2D eigenvalue weighted by molar-refractivity contribution is 5.72. The lowest BCUT2D eigenvalue weighted by molar-refractivity contribution is 0.305. The van der Waals surface area contributed by atoms with Crippen molar-refractivity contribution < 1.29 is 4.74 Å². The van der Waals surface area contributed by atoms with E-state index in [4.69, 9.17) is 15.7 Å². The van der Waals surface area contributed by atoms with Gasteiger partial charge >= 0.3 is 0 Å². The monoisotopic (exact) mass is 253 g/mol. The van der Waals surface area contributed by atoms with Crippen LogP contribution in [0.15, 0.2) is 36.5 Å². The third-order valence-corrected chi connectivity index (χ3v) is 2.67. The third-order valence-electron chi connectivity index (χ3n) is 2.67. The Kier molecular flexibility index (Phi) is 3.99. The first-order chi connectivity index (χ1) is 9.24. The summed E-state index contributed by atoms with van der Waals surface area (Å²) in [6.45, 7) is 2.69. The molecule has 2 aromatic rings. The van der Waals surface area contributed by atoms with Crippen molar-refractivity contribution in [2.24, 2.45) is 0 Å². The summed E-state index contributed by atoms with van der Waals surface area (Å²) in [5.41, 5.74) is 8.50. The molecule has 0 radical (unpaired) electrons. The fourth-order valence-corrected chi connectivity index (χ4v) is 1.74. The number of benzene rings is 1. The number of hydrogen-bond acceptors (Lipinski definition) is 4. The van der Waals surface area contributed by atoms with Crippen LogP contribution in [0.25, 0.3) is 11.1 Å². The van der Waals surface area contributed by atoms with Gasteiger partial charge in [0.25, 0.3) is 0 Å². The van der Waals surface area contributed by atoms with E-state index < -0.39 is 0 Å². The molecule has 96 valence electrons. The lowest BCUT2D eigenvalue weighted by Gasteiger charge is -2.07. The summed E-state index contributed by atoms with van der Waals surface area (Å²) in [7, 11) is 0. The number of rotatable bonds is 4. The van der Waals surface area contributed by atoms with Gasteiger partial charge in [0.1, 0.15) is 0 Å². The number of anilines is 1. The number of nitrogen functional groups attached to an aromatic ring is 1. The number of nitrogens with zero attached hydrogens (tertiary/aromatic N) is 2. The predicted molar refractivity (Wildman–Crippen MR) is 74.6 cm³/mol. The highest BCUT2D eigenvalue weighted by Crippen LogP contribution is 2.25. The van der Waals surface area contributed by atoms with Crippen LogP contribution < -0.4 is 10.5 Å². The quantitative estimate of drug-likeness (QED) is 0.850. The van der Waals surface area contributed by atoms with Crippen molar-refractivity contribution in [3.05, 3.63) is 42.1 Å². The van der Waals surface area contributed by atoms with Crippen LogP contribution in [-0.4, -0.2) is 11.6 Å². The molecule has 0 amide bonds. The summed E-state index contributed by atoms with van der Waals surface area (Å²) in [5, 5.41) is 9.12. The summed E-state index contributed by atoms with van der Waals surface area (Å²) < 4.78 is 5.43. The molecule has 2 N–H and O–H groups in total. The van der Waals surface area contributed by atoms with E-state index in [0.717, 1.165) is 17.5 Å². The van der Waals surface area contributed by atoms with E-state index in [2.05, 4.69) is 11.1 Å². The van der Waals surface area contributed by atoms with Gasteiger partial charge in [-0.25, -0.2) is 4.98 Å². The molecule has 0 bridgehead atoms. The zero-order valence-corrected chi connectivity index (χ0v) is 10.8. The van der Waals surface area contributed by atoms with Gasteiger partial charge in [0, 0.05) is 29.1 Å². The van der Waals surface area contributed by atoms with Crippen molar-refractivity contribution in [1.29, 1.82) is 5.26 Å². The second-order valence-corrected chi connectivity index (χ2v) is 4.15. The van der Waals surface area contributed by atoms with Gasteiger partial charge < -0.3 is 10.5 Å². The number of ether oxygens (including phenoxy) is 1. The Balaban J connectivity index is 2.30. The van der Waals surface area contributed by atoms with Gasteiger partial charge in [0.15, 0.2) is 0 Å². The Labute approximate surface area is 112 Å². The van der Waals surface area contributed by atoms with Crippen LogP contribution in [0.4, 0.5) is 5.69 Å². The molecule has 0 saturated carbocycles. The number of nitriles is 1. The Bertz CT molecular complexity index is 600. The first-order valence-electron chi connectivity index (χ1n) is 6.13. The van der Waals surface area contributed by atoms with Crippen LogP contribution in [0.2, 0.25) is 0 Å². The van der Waals surface area contributed by atoms with Crippen LogP contribution in [0.5, 0.6) is 5.88 Å². The summed E-state index contributed by atoms with van der Waals surface area (Å²) in [6.07, 6.45) is 2.65. The standard InChI is InChI=1S/C15H15N3O/c1-2-7-19-15-6-3-11(10-18-15)14-5-4-13(17)8-12(14)9-16/h3-6,8,10H,2,7,17H2,1H3. The zero-order valence-electron chi connectivity index (χ0n) is 10.8. The van der Waals surface area contributed by atoms with Crippen molar-refractivity contribution >= 4 is 5.69 Å². The first kappa shape index (κ1) is 12.9. The van der Waals surface area contributed by atoms with E-state index in [1.807, 2.05) is 25.1 Å². The SMILES string of the molecule is CCCOc1ccc(-c2ccc(N)cc2C#N)cn1. The molecule has 1 aromatic heterocycles. The number of pyridine rings is 1. The average Bonchev–Trinajstić information content (AvgIpc) is 2.45. The largest absolute Gasteiger partial charge is 0.478 e. The van der Waals surface area contributed by atoms with Gasteiger partial charge in [-0.05, 0) is 24.6 Å². The van der Waals surface area contributed by atoms with Crippen LogP contribution in [-0.2, 0) is 0 Å². The fraction of sp³-hybridized carbons (Fsp3) is 0.200. The van der Waals surface area contributed by atoms with Crippen molar-refractivity contribution in [1.82, 2.24) is 4.98 Å². The maximum Gasteiger partial charge on any atom is 0.213 e. The van der Waals surface area contributed by atoms with Crippen LogP contribution in [0, 0.1) is 11.3 Å². The average molecular weight is 253 g/mol. The predicted octanol–water partition coefficient (Wildman–Crippen LogP) is 2.99. The molecule has 0 aliphatic carbocycles. The summed E-state index contributed by atoms with van der Waals surface area (Å²) in [4.78, 5) is 4.23. The molecule has 19 heavy (non-hydrogen) atoms. The van der Waals surface area contributed by atoms with E-state index in [0.29, 0.717) is 23.7 Å². The van der Waals surface area contributed by atoms with Gasteiger partial charge in [0.05, 0.1) is 18.2 Å². The van der Waals surface area contributed by atoms with E-state index in [1.54, 1.807) is 18.3 Å². The highest BCUT2D eigenvalue weighted by Gasteiger charge is 2.06. The number of hydrogen-bond donors (Lipinski definition) is 1. The molecular formula is C15H15N3O. The molecule has 0 unspecified atom stereocenters. The topological polar surface area (TPSA) is 71.9 Å². The molecule has 0 spiro atoms. The van der Waals surface area contributed by atoms with E-state index >= 15 is 0 Å². The minimum Gasteiger partial charge on any atom is -0.478 e. The Morgan fingerprint density at radius 2 is 2.16 bits per heavy atom. The van der Waals surface area contributed by atoms with Crippen molar-refractivity contribution in [3.8, 4) is 23.1 Å². The molecule has 2 rings (SSSR count). The molecule has 0 fully saturated rings. The van der Waals surface area contributed by atoms with Crippen molar-refractivity contribution in [2.45, 2.75) is 13.3 Å². The minimum absolute atomic E-state index is 0.545. The van der Waals surface area contributed by atoms with E-state index in [-0.39, 0.29) is 0 Å². The molecule has 0 atom stereocenters.